The van der Waals surface area contributed by atoms with E-state index >= 15 is 0 Å². The maximum atomic E-state index is 11.3. The van der Waals surface area contributed by atoms with E-state index in [2.05, 4.69) is 5.29 Å². The van der Waals surface area contributed by atoms with Crippen LogP contribution in [-0.2, 0) is 4.79 Å². The van der Waals surface area contributed by atoms with Crippen LogP contribution in [0.3, 0.4) is 0 Å². The molecule has 2 aliphatic rings. The number of rotatable bonds is 5. The standard InChI is InChI=1S/C8H12N2O2/c11-8(6-1-2-6)5-10(9-12)7-3-4-7/h6-7H,1-5H2. The van der Waals surface area contributed by atoms with Crippen LogP contribution in [0.15, 0.2) is 5.29 Å². The van der Waals surface area contributed by atoms with Gasteiger partial charge in [0.25, 0.3) is 0 Å². The predicted octanol–water partition coefficient (Wildman–Crippen LogP) is 1.11. The zero-order valence-corrected chi connectivity index (χ0v) is 6.90. The van der Waals surface area contributed by atoms with Crippen molar-refractivity contribution in [2.75, 3.05) is 6.54 Å². The molecule has 0 aromatic carbocycles. The number of nitroso groups, excluding NO2 is 1. The Morgan fingerprint density at radius 2 is 2.00 bits per heavy atom. The van der Waals surface area contributed by atoms with E-state index < -0.39 is 0 Å². The fraction of sp³-hybridized carbons (Fsp3) is 0.875. The Hall–Kier alpha value is -0.930. The molecular weight excluding hydrogens is 156 g/mol. The summed E-state index contributed by atoms with van der Waals surface area (Å²) in [5.41, 5.74) is 0. The summed E-state index contributed by atoms with van der Waals surface area (Å²) in [6.07, 6.45) is 4.06. The summed E-state index contributed by atoms with van der Waals surface area (Å²) in [4.78, 5) is 21.6. The normalized spacial score (nSPS) is 22.0. The van der Waals surface area contributed by atoms with Crippen molar-refractivity contribution in [3.8, 4) is 0 Å². The SMILES string of the molecule is O=NN(CC(=O)C1CC1)C1CC1. The smallest absolute Gasteiger partial charge is 0.157 e. The minimum absolute atomic E-state index is 0.196. The van der Waals surface area contributed by atoms with E-state index in [4.69, 9.17) is 0 Å². The van der Waals surface area contributed by atoms with Crippen molar-refractivity contribution >= 4 is 5.78 Å². The Labute approximate surface area is 70.9 Å². The van der Waals surface area contributed by atoms with Gasteiger partial charge >= 0.3 is 0 Å². The molecule has 2 rings (SSSR count). The summed E-state index contributed by atoms with van der Waals surface area (Å²) >= 11 is 0. The van der Waals surface area contributed by atoms with Crippen LogP contribution in [0, 0.1) is 10.8 Å². The van der Waals surface area contributed by atoms with Crippen LogP contribution in [-0.4, -0.2) is 23.4 Å². The zero-order valence-electron chi connectivity index (χ0n) is 6.90. The summed E-state index contributed by atoms with van der Waals surface area (Å²) in [6.45, 7) is 0.249. The van der Waals surface area contributed by atoms with Crippen LogP contribution in [0.2, 0.25) is 0 Å². The monoisotopic (exact) mass is 168 g/mol. The number of hydrogen-bond donors (Lipinski definition) is 0. The van der Waals surface area contributed by atoms with E-state index in [1.54, 1.807) is 0 Å². The van der Waals surface area contributed by atoms with E-state index in [1.165, 1.54) is 5.01 Å². The predicted molar refractivity (Wildman–Crippen MR) is 43.3 cm³/mol. The summed E-state index contributed by atoms with van der Waals surface area (Å²) in [7, 11) is 0. The van der Waals surface area contributed by atoms with Crippen LogP contribution in [0.4, 0.5) is 0 Å². The molecule has 0 aliphatic heterocycles. The Bertz CT molecular complexity index is 209. The van der Waals surface area contributed by atoms with Gasteiger partial charge in [-0.3, -0.25) is 9.80 Å². The molecule has 4 heteroatoms. The van der Waals surface area contributed by atoms with Gasteiger partial charge in [-0.05, 0) is 25.7 Å². The van der Waals surface area contributed by atoms with Crippen molar-refractivity contribution in [2.45, 2.75) is 31.7 Å². The molecule has 0 heterocycles. The second-order valence-corrected chi connectivity index (χ2v) is 3.65. The minimum atomic E-state index is 0.196. The molecule has 0 unspecified atom stereocenters. The van der Waals surface area contributed by atoms with Crippen LogP contribution in [0.5, 0.6) is 0 Å². The Morgan fingerprint density at radius 1 is 1.33 bits per heavy atom. The van der Waals surface area contributed by atoms with E-state index in [0.717, 1.165) is 25.7 Å². The van der Waals surface area contributed by atoms with Crippen molar-refractivity contribution in [2.24, 2.45) is 11.2 Å². The molecule has 4 nitrogen and oxygen atoms in total. The third-order valence-corrected chi connectivity index (χ3v) is 2.42. The molecule has 66 valence electrons. The molecule has 2 saturated carbocycles. The molecule has 0 N–H and O–H groups in total. The highest BCUT2D eigenvalue weighted by atomic mass is 16.3. The molecule has 0 aromatic heterocycles. The van der Waals surface area contributed by atoms with Gasteiger partial charge in [-0.25, -0.2) is 0 Å². The van der Waals surface area contributed by atoms with Gasteiger partial charge < -0.3 is 0 Å². The van der Waals surface area contributed by atoms with Crippen LogP contribution in [0.1, 0.15) is 25.7 Å². The van der Waals surface area contributed by atoms with Crippen molar-refractivity contribution in [1.82, 2.24) is 5.01 Å². The van der Waals surface area contributed by atoms with E-state index in [0.29, 0.717) is 0 Å². The maximum Gasteiger partial charge on any atom is 0.157 e. The first-order valence-electron chi connectivity index (χ1n) is 4.44. The summed E-state index contributed by atoms with van der Waals surface area (Å²) < 4.78 is 0. The molecule has 12 heavy (non-hydrogen) atoms. The first-order chi connectivity index (χ1) is 5.81. The number of nitrogens with zero attached hydrogens (tertiary/aromatic N) is 2. The fourth-order valence-electron chi connectivity index (χ4n) is 1.29. The summed E-state index contributed by atoms with van der Waals surface area (Å²) in [5.74, 6) is 0.439. The molecule has 0 aromatic rings. The lowest BCUT2D eigenvalue weighted by atomic mass is 10.2. The Kier molecular flexibility index (Phi) is 1.83. The lowest BCUT2D eigenvalue weighted by Crippen LogP contribution is -2.27. The lowest BCUT2D eigenvalue weighted by molar-refractivity contribution is -0.121. The van der Waals surface area contributed by atoms with E-state index in [1.807, 2.05) is 0 Å². The number of hydrogen-bond acceptors (Lipinski definition) is 3. The molecular formula is C8H12N2O2. The molecule has 2 aliphatic carbocycles. The number of Topliss-reactive ketones (excluding diaryl/α,β-unsaturated/α-hetero) is 1. The second kappa shape index (κ2) is 2.84. The molecule has 0 spiro atoms. The van der Waals surface area contributed by atoms with Gasteiger partial charge in [0, 0.05) is 5.92 Å². The molecule has 2 fully saturated rings. The van der Waals surface area contributed by atoms with Gasteiger partial charge in [0.1, 0.15) is 0 Å². The Balaban J connectivity index is 1.81. The van der Waals surface area contributed by atoms with Gasteiger partial charge in [-0.1, -0.05) is 0 Å². The maximum absolute atomic E-state index is 11.3. The first kappa shape index (κ1) is 7.71. The molecule has 0 atom stereocenters. The number of ketones is 1. The fourth-order valence-corrected chi connectivity index (χ4v) is 1.29. The number of carbonyl (C=O) groups is 1. The van der Waals surface area contributed by atoms with Gasteiger partial charge in [-0.15, -0.1) is 4.91 Å². The molecule has 0 amide bonds. The van der Waals surface area contributed by atoms with Crippen LogP contribution >= 0.6 is 0 Å². The van der Waals surface area contributed by atoms with Gasteiger partial charge in [0.2, 0.25) is 0 Å². The first-order valence-corrected chi connectivity index (χ1v) is 4.44. The summed E-state index contributed by atoms with van der Waals surface area (Å²) in [5, 5.41) is 4.27. The minimum Gasteiger partial charge on any atom is -0.297 e. The van der Waals surface area contributed by atoms with Crippen LogP contribution < -0.4 is 0 Å². The number of carbonyl (C=O) groups excluding carboxylic acids is 1. The average molecular weight is 168 g/mol. The highest BCUT2D eigenvalue weighted by molar-refractivity contribution is 5.85. The second-order valence-electron chi connectivity index (χ2n) is 3.65. The zero-order chi connectivity index (χ0) is 8.55. The van der Waals surface area contributed by atoms with Crippen molar-refractivity contribution in [1.29, 1.82) is 0 Å². The van der Waals surface area contributed by atoms with E-state index in [-0.39, 0.29) is 24.3 Å². The third kappa shape index (κ3) is 1.62. The van der Waals surface area contributed by atoms with Gasteiger partial charge in [0.05, 0.1) is 17.9 Å². The van der Waals surface area contributed by atoms with Crippen molar-refractivity contribution < 1.29 is 4.79 Å². The molecule has 0 radical (unpaired) electrons. The van der Waals surface area contributed by atoms with E-state index in [9.17, 15) is 9.70 Å². The largest absolute Gasteiger partial charge is 0.297 e. The quantitative estimate of drug-likeness (QED) is 0.456. The van der Waals surface area contributed by atoms with Crippen LogP contribution in [0.25, 0.3) is 0 Å². The third-order valence-electron chi connectivity index (χ3n) is 2.42. The van der Waals surface area contributed by atoms with Crippen molar-refractivity contribution in [3.05, 3.63) is 4.91 Å². The van der Waals surface area contributed by atoms with Gasteiger partial charge in [0.15, 0.2) is 5.78 Å². The molecule has 0 bridgehead atoms. The topological polar surface area (TPSA) is 49.7 Å². The van der Waals surface area contributed by atoms with Crippen molar-refractivity contribution in [3.63, 3.8) is 0 Å². The average Bonchev–Trinajstić information content (AvgIpc) is 2.89. The lowest BCUT2D eigenvalue weighted by Gasteiger charge is -2.11. The Morgan fingerprint density at radius 3 is 2.42 bits per heavy atom. The molecule has 0 saturated heterocycles. The highest BCUT2D eigenvalue weighted by Gasteiger charge is 2.35. The summed E-state index contributed by atoms with van der Waals surface area (Å²) in [6, 6.07) is 0.269. The van der Waals surface area contributed by atoms with Gasteiger partial charge in [-0.2, -0.15) is 0 Å². The highest BCUT2D eigenvalue weighted by Crippen LogP contribution is 2.32.